The van der Waals surface area contributed by atoms with Crippen LogP contribution in [0.2, 0.25) is 0 Å². The summed E-state index contributed by atoms with van der Waals surface area (Å²) in [6.45, 7) is 1.55. The van der Waals surface area contributed by atoms with Gasteiger partial charge < -0.3 is 9.57 Å². The summed E-state index contributed by atoms with van der Waals surface area (Å²) < 4.78 is 84.7. The van der Waals surface area contributed by atoms with E-state index >= 15 is 0 Å². The van der Waals surface area contributed by atoms with Crippen molar-refractivity contribution < 1.29 is 35.9 Å². The van der Waals surface area contributed by atoms with Crippen molar-refractivity contribution in [3.63, 3.8) is 0 Å². The minimum absolute atomic E-state index is 0.110. The highest BCUT2D eigenvalue weighted by atomic mass is 19.4. The highest BCUT2D eigenvalue weighted by molar-refractivity contribution is 5.93. The number of nitrogens with zero attached hydrogens (tertiary/aromatic N) is 1. The van der Waals surface area contributed by atoms with Crippen molar-refractivity contribution in [2.45, 2.75) is 43.6 Å². The Morgan fingerprint density at radius 2 is 1.48 bits per heavy atom. The smallest absolute Gasteiger partial charge is 0.399 e. The van der Waals surface area contributed by atoms with E-state index in [1.807, 2.05) is 30.3 Å². The van der Waals surface area contributed by atoms with E-state index in [9.17, 15) is 26.3 Å². The SMILES string of the molecule is CON=C1CC(CO[C@H](C)c2cc(C(F)(F)F)cc(C(F)(F)F)c2)(c2ccccc2)C1. The minimum atomic E-state index is -4.90. The molecule has 0 radical (unpaired) electrons. The molecule has 0 spiro atoms. The first kappa shape index (κ1) is 23.1. The third kappa shape index (κ3) is 5.20. The molecular formula is C22H21F6NO2. The summed E-state index contributed by atoms with van der Waals surface area (Å²) in [6, 6.07) is 10.9. The fourth-order valence-corrected chi connectivity index (χ4v) is 3.70. The number of ether oxygens (including phenoxy) is 1. The summed E-state index contributed by atoms with van der Waals surface area (Å²) in [5, 5.41) is 3.92. The molecule has 1 fully saturated rings. The zero-order chi connectivity index (χ0) is 22.9. The van der Waals surface area contributed by atoms with Crippen LogP contribution in [0.4, 0.5) is 26.3 Å². The first-order chi connectivity index (χ1) is 14.4. The predicted molar refractivity (Wildman–Crippen MR) is 103 cm³/mol. The van der Waals surface area contributed by atoms with E-state index in [0.29, 0.717) is 25.0 Å². The molecule has 1 aliphatic carbocycles. The maximum atomic E-state index is 13.1. The summed E-state index contributed by atoms with van der Waals surface area (Å²) in [6.07, 6.45) is -9.74. The van der Waals surface area contributed by atoms with Crippen LogP contribution >= 0.6 is 0 Å². The molecule has 0 aliphatic heterocycles. The number of oxime groups is 1. The maximum absolute atomic E-state index is 13.1. The van der Waals surface area contributed by atoms with Crippen LogP contribution in [0.5, 0.6) is 0 Å². The molecule has 31 heavy (non-hydrogen) atoms. The molecule has 0 N–H and O–H groups in total. The molecule has 3 nitrogen and oxygen atoms in total. The highest BCUT2D eigenvalue weighted by Gasteiger charge is 2.45. The lowest BCUT2D eigenvalue weighted by Crippen LogP contribution is -2.45. The Morgan fingerprint density at radius 3 is 1.97 bits per heavy atom. The summed E-state index contributed by atoms with van der Waals surface area (Å²) in [5.74, 6) is 0. The molecule has 1 atom stereocenters. The van der Waals surface area contributed by atoms with E-state index in [2.05, 4.69) is 5.16 Å². The van der Waals surface area contributed by atoms with Crippen LogP contribution in [0.15, 0.2) is 53.7 Å². The van der Waals surface area contributed by atoms with Gasteiger partial charge in [-0.2, -0.15) is 26.3 Å². The van der Waals surface area contributed by atoms with Crippen molar-refractivity contribution in [2.75, 3.05) is 13.7 Å². The average Bonchev–Trinajstić information content (AvgIpc) is 2.68. The molecule has 0 amide bonds. The van der Waals surface area contributed by atoms with E-state index in [1.165, 1.54) is 14.0 Å². The van der Waals surface area contributed by atoms with Crippen LogP contribution in [-0.4, -0.2) is 19.4 Å². The average molecular weight is 445 g/mol. The lowest BCUT2D eigenvalue weighted by Gasteiger charge is -2.43. The Kier molecular flexibility index (Phi) is 6.36. The predicted octanol–water partition coefficient (Wildman–Crippen LogP) is 6.54. The van der Waals surface area contributed by atoms with Gasteiger partial charge in [-0.3, -0.25) is 0 Å². The molecule has 0 saturated heterocycles. The molecular weight excluding hydrogens is 424 g/mol. The first-order valence-electron chi connectivity index (χ1n) is 9.50. The zero-order valence-electron chi connectivity index (χ0n) is 16.8. The molecule has 0 heterocycles. The molecule has 3 rings (SSSR count). The number of alkyl halides is 6. The van der Waals surface area contributed by atoms with Gasteiger partial charge >= 0.3 is 12.4 Å². The molecule has 2 aromatic carbocycles. The van der Waals surface area contributed by atoms with Gasteiger partial charge in [0.1, 0.15) is 7.11 Å². The van der Waals surface area contributed by atoms with Gasteiger partial charge in [0.05, 0.1) is 29.5 Å². The standard InChI is InChI=1S/C22H21F6NO2/c1-14(15-8-17(21(23,24)25)10-18(9-15)22(26,27)28)31-13-20(11-19(12-20)29-30-2)16-6-4-3-5-7-16/h3-10,14H,11-13H2,1-2H3/t14-,20?/m1/s1. The van der Waals surface area contributed by atoms with E-state index in [1.54, 1.807) is 0 Å². The Labute approximate surface area is 175 Å². The van der Waals surface area contributed by atoms with Crippen molar-refractivity contribution >= 4 is 5.71 Å². The first-order valence-corrected chi connectivity index (χ1v) is 9.50. The van der Waals surface area contributed by atoms with E-state index in [4.69, 9.17) is 9.57 Å². The van der Waals surface area contributed by atoms with Gasteiger partial charge in [-0.15, -0.1) is 0 Å². The molecule has 9 heteroatoms. The Hall–Kier alpha value is -2.55. The van der Waals surface area contributed by atoms with Crippen molar-refractivity contribution in [3.8, 4) is 0 Å². The monoisotopic (exact) mass is 445 g/mol. The van der Waals surface area contributed by atoms with E-state index < -0.39 is 35.0 Å². The lowest BCUT2D eigenvalue weighted by atomic mass is 9.63. The van der Waals surface area contributed by atoms with Gasteiger partial charge in [0.2, 0.25) is 0 Å². The number of hydrogen-bond acceptors (Lipinski definition) is 3. The largest absolute Gasteiger partial charge is 0.416 e. The van der Waals surface area contributed by atoms with Crippen LogP contribution in [0, 0.1) is 0 Å². The van der Waals surface area contributed by atoms with E-state index in [0.717, 1.165) is 11.3 Å². The second kappa shape index (κ2) is 8.53. The third-order valence-electron chi connectivity index (χ3n) is 5.38. The fraction of sp³-hybridized carbons (Fsp3) is 0.409. The van der Waals surface area contributed by atoms with Crippen LogP contribution in [0.1, 0.15) is 48.1 Å². The van der Waals surface area contributed by atoms with Crippen LogP contribution in [-0.2, 0) is 27.3 Å². The normalized spacial score (nSPS) is 20.2. The lowest BCUT2D eigenvalue weighted by molar-refractivity contribution is -0.143. The zero-order valence-corrected chi connectivity index (χ0v) is 16.8. The van der Waals surface area contributed by atoms with Gasteiger partial charge in [-0.25, -0.2) is 0 Å². The van der Waals surface area contributed by atoms with Gasteiger partial charge in [-0.05, 0) is 36.2 Å². The molecule has 1 saturated carbocycles. The molecule has 0 unspecified atom stereocenters. The quantitative estimate of drug-likeness (QED) is 0.374. The maximum Gasteiger partial charge on any atom is 0.416 e. The Balaban J connectivity index is 1.85. The molecule has 0 aromatic heterocycles. The van der Waals surface area contributed by atoms with Crippen molar-refractivity contribution in [1.29, 1.82) is 0 Å². The second-order valence-electron chi connectivity index (χ2n) is 7.63. The fourth-order valence-electron chi connectivity index (χ4n) is 3.70. The van der Waals surface area contributed by atoms with Crippen molar-refractivity contribution in [1.82, 2.24) is 0 Å². The highest BCUT2D eigenvalue weighted by Crippen LogP contribution is 2.44. The van der Waals surface area contributed by atoms with Gasteiger partial charge in [0.15, 0.2) is 0 Å². The van der Waals surface area contributed by atoms with Crippen molar-refractivity contribution in [3.05, 3.63) is 70.8 Å². The third-order valence-corrected chi connectivity index (χ3v) is 5.38. The van der Waals surface area contributed by atoms with Gasteiger partial charge in [0.25, 0.3) is 0 Å². The minimum Gasteiger partial charge on any atom is -0.399 e. The molecule has 2 aromatic rings. The Morgan fingerprint density at radius 1 is 0.935 bits per heavy atom. The number of hydrogen-bond donors (Lipinski definition) is 0. The van der Waals surface area contributed by atoms with Gasteiger partial charge in [0, 0.05) is 18.3 Å². The topological polar surface area (TPSA) is 30.8 Å². The molecule has 168 valence electrons. The number of halogens is 6. The summed E-state index contributed by atoms with van der Waals surface area (Å²) in [4.78, 5) is 4.79. The molecule has 0 bridgehead atoms. The van der Waals surface area contributed by atoms with Gasteiger partial charge in [-0.1, -0.05) is 35.5 Å². The van der Waals surface area contributed by atoms with E-state index in [-0.39, 0.29) is 18.2 Å². The second-order valence-corrected chi connectivity index (χ2v) is 7.63. The summed E-state index contributed by atoms with van der Waals surface area (Å²) in [5.41, 5.74) is -1.61. The van der Waals surface area contributed by atoms with Crippen LogP contribution in [0.3, 0.4) is 0 Å². The van der Waals surface area contributed by atoms with Crippen molar-refractivity contribution in [2.24, 2.45) is 5.16 Å². The molecule has 1 aliphatic rings. The summed E-state index contributed by atoms with van der Waals surface area (Å²) >= 11 is 0. The van der Waals surface area contributed by atoms with Crippen LogP contribution in [0.25, 0.3) is 0 Å². The summed E-state index contributed by atoms with van der Waals surface area (Å²) in [7, 11) is 1.43. The number of benzene rings is 2. The number of rotatable bonds is 6. The van der Waals surface area contributed by atoms with Crippen LogP contribution < -0.4 is 0 Å². The Bertz CT molecular complexity index is 897.